The molecule has 51 heavy (non-hydrogen) atoms. The lowest BCUT2D eigenvalue weighted by molar-refractivity contribution is -0.00312. The van der Waals surface area contributed by atoms with Crippen LogP contribution in [0, 0.1) is 0 Å². The Morgan fingerprint density at radius 2 is 0.706 bits per heavy atom. The fourth-order valence-electron chi connectivity index (χ4n) is 6.71. The number of allylic oxidation sites excluding steroid dienone is 8. The van der Waals surface area contributed by atoms with Crippen LogP contribution in [0.15, 0.2) is 58.2 Å². The van der Waals surface area contributed by atoms with Gasteiger partial charge in [-0.25, -0.2) is 0 Å². The van der Waals surface area contributed by atoms with Crippen LogP contribution < -0.4 is 5.73 Å². The van der Waals surface area contributed by atoms with Crippen LogP contribution >= 0.6 is 0 Å². The Bertz CT molecular complexity index is 1090. The third kappa shape index (κ3) is 29.6. The summed E-state index contributed by atoms with van der Waals surface area (Å²) < 4.78 is 0. The Morgan fingerprint density at radius 1 is 0.412 bits per heavy atom. The molecule has 0 aromatic carbocycles. The molecule has 0 bridgehead atoms. The second-order valence-corrected chi connectivity index (χ2v) is 17.2. The largest absolute Gasteiger partial charge is 0.392 e. The molecule has 4 atom stereocenters. The minimum Gasteiger partial charge on any atom is -0.392 e. The Kier molecular flexibility index (Phi) is 25.5. The van der Waals surface area contributed by atoms with E-state index in [9.17, 15) is 20.4 Å². The molecule has 0 aliphatic carbocycles. The molecule has 0 saturated heterocycles. The van der Waals surface area contributed by atoms with Crippen LogP contribution in [0.5, 0.6) is 0 Å². The third-order valence-corrected chi connectivity index (χ3v) is 10.6. The van der Waals surface area contributed by atoms with E-state index >= 15 is 0 Å². The maximum atomic E-state index is 11.0. The zero-order valence-corrected chi connectivity index (χ0v) is 34.8. The number of aliphatic hydroxyl groups excluding tert-OH is 1. The van der Waals surface area contributed by atoms with Crippen molar-refractivity contribution < 1.29 is 25.5 Å². The van der Waals surface area contributed by atoms with E-state index < -0.39 is 22.4 Å². The van der Waals surface area contributed by atoms with Crippen LogP contribution in [0.1, 0.15) is 191 Å². The number of nitrogens with two attached hydrogens (primary N) is 1. The van der Waals surface area contributed by atoms with Crippen molar-refractivity contribution >= 4 is 0 Å². The lowest BCUT2D eigenvalue weighted by Gasteiger charge is -2.30. The van der Waals surface area contributed by atoms with Gasteiger partial charge in [0.2, 0.25) is 0 Å². The molecule has 0 amide bonds. The van der Waals surface area contributed by atoms with Crippen LogP contribution in [0.3, 0.4) is 0 Å². The van der Waals surface area contributed by atoms with Crippen molar-refractivity contribution in [3.05, 3.63) is 58.2 Å². The quantitative estimate of drug-likeness (QED) is 0.0411. The van der Waals surface area contributed by atoms with Gasteiger partial charge in [-0.2, -0.15) is 0 Å². The zero-order valence-electron chi connectivity index (χ0n) is 34.8. The van der Waals surface area contributed by atoms with Crippen molar-refractivity contribution in [3.8, 4) is 0 Å². The SMILES string of the molecule is C/C(=C\CCC(C)(O)CCCC(C)(O)CCCC(C)(O)CCCC(C)(O)CCC/C(C)=C/CC/C(C)=C/CC/C(C)=C/CC/C(C)=C/CO)CN. The molecular formula is C45H83NO5. The van der Waals surface area contributed by atoms with E-state index in [2.05, 4.69) is 52.0 Å². The zero-order chi connectivity index (χ0) is 39.0. The molecule has 0 rings (SSSR count). The molecular weight excluding hydrogens is 634 g/mol. The minimum atomic E-state index is -0.815. The first-order valence-corrected chi connectivity index (χ1v) is 20.2. The molecule has 0 radical (unpaired) electrons. The van der Waals surface area contributed by atoms with Gasteiger partial charge in [0.25, 0.3) is 0 Å². The second-order valence-electron chi connectivity index (χ2n) is 17.2. The molecule has 0 aliphatic heterocycles. The van der Waals surface area contributed by atoms with Gasteiger partial charge < -0.3 is 31.3 Å². The third-order valence-electron chi connectivity index (χ3n) is 10.6. The molecule has 0 aliphatic rings. The van der Waals surface area contributed by atoms with Crippen molar-refractivity contribution in [1.82, 2.24) is 0 Å². The van der Waals surface area contributed by atoms with Gasteiger partial charge in [-0.05, 0) is 191 Å². The molecule has 0 aromatic rings. The first-order valence-electron chi connectivity index (χ1n) is 20.2. The Morgan fingerprint density at radius 3 is 1.06 bits per heavy atom. The van der Waals surface area contributed by atoms with E-state index in [1.54, 1.807) is 0 Å². The molecule has 298 valence electrons. The van der Waals surface area contributed by atoms with Gasteiger partial charge in [0.05, 0.1) is 29.0 Å². The highest BCUT2D eigenvalue weighted by atomic mass is 16.3. The van der Waals surface area contributed by atoms with Gasteiger partial charge in [0.1, 0.15) is 0 Å². The normalized spacial score (nSPS) is 18.7. The highest BCUT2D eigenvalue weighted by Gasteiger charge is 2.27. The van der Waals surface area contributed by atoms with Crippen molar-refractivity contribution in [2.75, 3.05) is 13.2 Å². The number of hydrogen-bond donors (Lipinski definition) is 6. The summed E-state index contributed by atoms with van der Waals surface area (Å²) in [7, 11) is 0. The summed E-state index contributed by atoms with van der Waals surface area (Å²) in [5.74, 6) is 0. The Labute approximate surface area is 315 Å². The van der Waals surface area contributed by atoms with E-state index in [1.165, 1.54) is 22.3 Å². The minimum absolute atomic E-state index is 0.127. The summed E-state index contributed by atoms with van der Waals surface area (Å²) in [4.78, 5) is 0. The molecule has 6 nitrogen and oxygen atoms in total. The Balaban J connectivity index is 4.31. The number of rotatable bonds is 30. The molecule has 4 unspecified atom stereocenters. The monoisotopic (exact) mass is 718 g/mol. The topological polar surface area (TPSA) is 127 Å². The second kappa shape index (κ2) is 26.3. The molecule has 0 heterocycles. The van der Waals surface area contributed by atoms with Crippen LogP contribution in [-0.4, -0.2) is 61.1 Å². The first kappa shape index (κ1) is 49.5. The Hall–Kier alpha value is -1.54. The highest BCUT2D eigenvalue weighted by Crippen LogP contribution is 2.30. The van der Waals surface area contributed by atoms with Crippen molar-refractivity contribution in [2.24, 2.45) is 5.73 Å². The maximum absolute atomic E-state index is 11.0. The average Bonchev–Trinajstić information content (AvgIpc) is 3.00. The number of aliphatic hydroxyl groups is 5. The van der Waals surface area contributed by atoms with Crippen molar-refractivity contribution in [3.63, 3.8) is 0 Å². The molecule has 7 N–H and O–H groups in total. The first-order chi connectivity index (χ1) is 23.7. The summed E-state index contributed by atoms with van der Waals surface area (Å²) in [6.07, 6.45) is 27.6. The van der Waals surface area contributed by atoms with Gasteiger partial charge in [-0.1, -0.05) is 58.2 Å². The van der Waals surface area contributed by atoms with Crippen molar-refractivity contribution in [2.45, 2.75) is 213 Å². The van der Waals surface area contributed by atoms with E-state index in [1.807, 2.05) is 40.7 Å². The fourth-order valence-corrected chi connectivity index (χ4v) is 6.71. The van der Waals surface area contributed by atoms with Gasteiger partial charge in [0, 0.05) is 6.54 Å². The molecule has 6 heteroatoms. The van der Waals surface area contributed by atoms with Gasteiger partial charge in [-0.3, -0.25) is 0 Å². The number of hydrogen-bond acceptors (Lipinski definition) is 6. The summed E-state index contributed by atoms with van der Waals surface area (Å²) in [6.45, 7) is 18.9. The van der Waals surface area contributed by atoms with E-state index in [0.717, 1.165) is 89.0 Å². The smallest absolute Gasteiger partial charge is 0.0622 e. The predicted molar refractivity (Wildman–Crippen MR) is 220 cm³/mol. The average molecular weight is 718 g/mol. The summed E-state index contributed by atoms with van der Waals surface area (Å²) in [6, 6.07) is 0. The van der Waals surface area contributed by atoms with Crippen LogP contribution in [0.25, 0.3) is 0 Å². The van der Waals surface area contributed by atoms with Crippen molar-refractivity contribution in [1.29, 1.82) is 0 Å². The molecule has 0 fully saturated rings. The van der Waals surface area contributed by atoms with Crippen LogP contribution in [-0.2, 0) is 0 Å². The maximum Gasteiger partial charge on any atom is 0.0622 e. The molecule has 0 aromatic heterocycles. The van der Waals surface area contributed by atoms with Gasteiger partial charge in [0.15, 0.2) is 0 Å². The van der Waals surface area contributed by atoms with Crippen LogP contribution in [0.2, 0.25) is 0 Å². The predicted octanol–water partition coefficient (Wildman–Crippen LogP) is 10.5. The summed E-state index contributed by atoms with van der Waals surface area (Å²) in [5.41, 5.74) is 9.16. The van der Waals surface area contributed by atoms with Gasteiger partial charge >= 0.3 is 0 Å². The molecule has 0 spiro atoms. The summed E-state index contributed by atoms with van der Waals surface area (Å²) in [5, 5.41) is 52.6. The summed E-state index contributed by atoms with van der Waals surface area (Å²) >= 11 is 0. The van der Waals surface area contributed by atoms with Crippen LogP contribution in [0.4, 0.5) is 0 Å². The lowest BCUT2D eigenvalue weighted by Crippen LogP contribution is -2.30. The standard InChI is InChI=1S/C45H83NO5/c1-37(18-10-19-38(2)21-12-23-40(4)26-35-47)20-11-22-39(3)24-13-27-42(6,48)29-15-31-44(8,50)33-17-34-45(9,51)32-16-30-43(7,49)28-14-25-41(5)36-46/h18,21-22,25-26,47-51H,10-17,19-20,23-24,27-36,46H2,1-9H3/b37-18+,38-21+,39-22+,40-26+,41-25+. The van der Waals surface area contributed by atoms with E-state index in [0.29, 0.717) is 51.5 Å². The van der Waals surface area contributed by atoms with E-state index in [-0.39, 0.29) is 6.61 Å². The van der Waals surface area contributed by atoms with Gasteiger partial charge in [-0.15, -0.1) is 0 Å². The lowest BCUT2D eigenvalue weighted by atomic mass is 9.84. The van der Waals surface area contributed by atoms with E-state index in [4.69, 9.17) is 10.8 Å². The highest BCUT2D eigenvalue weighted by molar-refractivity contribution is 5.07. The fraction of sp³-hybridized carbons (Fsp3) is 0.778. The molecule has 0 saturated carbocycles.